The van der Waals surface area contributed by atoms with E-state index in [1.165, 1.54) is 0 Å². The lowest BCUT2D eigenvalue weighted by molar-refractivity contribution is -0.207. The van der Waals surface area contributed by atoms with Gasteiger partial charge in [-0.3, -0.25) is 4.79 Å². The fraction of sp³-hybridized carbons (Fsp3) is 0.375. The number of nitrogens with zero attached hydrogens (tertiary/aromatic N) is 1. The van der Waals surface area contributed by atoms with Crippen LogP contribution in [0.5, 0.6) is 0 Å². The van der Waals surface area contributed by atoms with Gasteiger partial charge in [0, 0.05) is 0 Å². The van der Waals surface area contributed by atoms with Crippen LogP contribution in [0.3, 0.4) is 0 Å². The number of carbonyl (C=O) groups is 2. The van der Waals surface area contributed by atoms with Crippen LogP contribution in [-0.4, -0.2) is 41.7 Å². The molecule has 1 amide bonds. The van der Waals surface area contributed by atoms with Crippen LogP contribution in [-0.2, 0) is 20.7 Å². The van der Waals surface area contributed by atoms with Crippen LogP contribution in [0.1, 0.15) is 36.8 Å². The van der Waals surface area contributed by atoms with E-state index in [1.807, 2.05) is 30.3 Å². The molecule has 35 heavy (non-hydrogen) atoms. The molecule has 0 saturated carbocycles. The monoisotopic (exact) mass is 492 g/mol. The summed E-state index contributed by atoms with van der Waals surface area (Å²) in [4.78, 5) is 28.8. The fourth-order valence-electron chi connectivity index (χ4n) is 3.52. The third-order valence-electron chi connectivity index (χ3n) is 5.36. The van der Waals surface area contributed by atoms with E-state index in [2.05, 4.69) is 10.3 Å². The number of rotatable bonds is 11. The molecule has 5 N–H and O–H groups in total. The van der Waals surface area contributed by atoms with Gasteiger partial charge in [0.05, 0.1) is 12.1 Å². The highest BCUT2D eigenvalue weighted by Crippen LogP contribution is 2.30. The summed E-state index contributed by atoms with van der Waals surface area (Å²) in [6, 6.07) is 13.6. The molecule has 0 aliphatic carbocycles. The van der Waals surface area contributed by atoms with Crippen molar-refractivity contribution in [3.63, 3.8) is 0 Å². The predicted octanol–water partition coefficient (Wildman–Crippen LogP) is 3.16. The van der Waals surface area contributed by atoms with Gasteiger partial charge in [-0.25, -0.2) is 9.78 Å². The molecule has 1 unspecified atom stereocenters. The minimum absolute atomic E-state index is 0.119. The first kappa shape index (κ1) is 26.2. The molecule has 0 radical (unpaired) electrons. The molecule has 0 saturated heterocycles. The zero-order chi connectivity index (χ0) is 25.4. The number of halogens is 3. The van der Waals surface area contributed by atoms with E-state index < -0.39 is 36.2 Å². The smallest absolute Gasteiger partial charge is 0.443 e. The molecule has 8 nitrogen and oxygen atoms in total. The van der Waals surface area contributed by atoms with Crippen LogP contribution in [0.4, 0.5) is 13.2 Å². The highest BCUT2D eigenvalue weighted by Gasteiger charge is 2.45. The zero-order valence-corrected chi connectivity index (χ0v) is 18.8. The van der Waals surface area contributed by atoms with E-state index in [-0.39, 0.29) is 18.7 Å². The summed E-state index contributed by atoms with van der Waals surface area (Å²) in [5.74, 6) is -3.30. The number of esters is 1. The number of carbonyl (C=O) groups excluding carboxylic acids is 2. The lowest BCUT2D eigenvalue weighted by Gasteiger charge is -2.27. The Balaban J connectivity index is 1.95. The third-order valence-corrected chi connectivity index (χ3v) is 5.36. The Morgan fingerprint density at radius 3 is 2.40 bits per heavy atom. The molecule has 3 aromatic rings. The lowest BCUT2D eigenvalue weighted by atomic mass is 10.00. The van der Waals surface area contributed by atoms with E-state index in [1.54, 1.807) is 24.3 Å². The van der Waals surface area contributed by atoms with Crippen LogP contribution in [0, 0.1) is 0 Å². The molecule has 0 fully saturated rings. The summed E-state index contributed by atoms with van der Waals surface area (Å²) in [5.41, 5.74) is 12.9. The second kappa shape index (κ2) is 11.8. The number of hydrogen-bond acceptors (Lipinski definition) is 7. The van der Waals surface area contributed by atoms with Gasteiger partial charge in [-0.05, 0) is 49.9 Å². The number of oxazole rings is 1. The number of hydrogen-bond donors (Lipinski definition) is 3. The van der Waals surface area contributed by atoms with E-state index in [4.69, 9.17) is 20.6 Å². The average Bonchev–Trinajstić information content (AvgIpc) is 3.27. The van der Waals surface area contributed by atoms with Gasteiger partial charge in [-0.2, -0.15) is 13.2 Å². The molecule has 1 aromatic heterocycles. The Bertz CT molecular complexity index is 1090. The molecule has 0 bridgehead atoms. The van der Waals surface area contributed by atoms with Crippen molar-refractivity contribution in [1.82, 2.24) is 10.3 Å². The van der Waals surface area contributed by atoms with Gasteiger partial charge in [0.1, 0.15) is 5.52 Å². The Labute approximate surface area is 199 Å². The first-order chi connectivity index (χ1) is 16.7. The molecule has 11 heteroatoms. The molecule has 1 heterocycles. The van der Waals surface area contributed by atoms with Gasteiger partial charge in [0.2, 0.25) is 11.8 Å². The first-order valence-corrected chi connectivity index (χ1v) is 11.1. The van der Waals surface area contributed by atoms with E-state index in [0.29, 0.717) is 30.5 Å². The van der Waals surface area contributed by atoms with Crippen molar-refractivity contribution in [2.75, 3.05) is 6.54 Å². The molecule has 188 valence electrons. The molecular formula is C24H27F3N4O4. The van der Waals surface area contributed by atoms with Gasteiger partial charge < -0.3 is 25.9 Å². The van der Waals surface area contributed by atoms with Gasteiger partial charge in [-0.15, -0.1) is 0 Å². The number of ether oxygens (including phenoxy) is 1. The Morgan fingerprint density at radius 1 is 1.06 bits per heavy atom. The van der Waals surface area contributed by atoms with Crippen LogP contribution >= 0.6 is 0 Å². The van der Waals surface area contributed by atoms with Crippen molar-refractivity contribution in [1.29, 1.82) is 0 Å². The second-order valence-electron chi connectivity index (χ2n) is 8.02. The topological polar surface area (TPSA) is 133 Å². The van der Waals surface area contributed by atoms with Gasteiger partial charge in [0.25, 0.3) is 0 Å². The molecule has 3 rings (SSSR count). The van der Waals surface area contributed by atoms with Crippen molar-refractivity contribution < 1.29 is 31.9 Å². The highest BCUT2D eigenvalue weighted by molar-refractivity contribution is 5.82. The van der Waals surface area contributed by atoms with Crippen molar-refractivity contribution in [3.05, 3.63) is 66.1 Å². The minimum atomic E-state index is -5.25. The lowest BCUT2D eigenvalue weighted by Crippen LogP contribution is -2.49. The molecular weight excluding hydrogens is 465 g/mol. The molecule has 0 spiro atoms. The van der Waals surface area contributed by atoms with Gasteiger partial charge in [0.15, 0.2) is 11.7 Å². The molecule has 0 aliphatic heterocycles. The van der Waals surface area contributed by atoms with Crippen molar-refractivity contribution in [3.8, 4) is 0 Å². The summed E-state index contributed by atoms with van der Waals surface area (Å²) in [5, 5.41) is 2.65. The summed E-state index contributed by atoms with van der Waals surface area (Å²) >= 11 is 0. The van der Waals surface area contributed by atoms with Gasteiger partial charge in [-0.1, -0.05) is 42.5 Å². The maximum absolute atomic E-state index is 13.1. The number of para-hydroxylation sites is 2. The molecule has 3 atom stereocenters. The Hall–Kier alpha value is -3.44. The van der Waals surface area contributed by atoms with Crippen molar-refractivity contribution >= 4 is 23.0 Å². The summed E-state index contributed by atoms with van der Waals surface area (Å²) < 4.78 is 49.9. The largest absolute Gasteiger partial charge is 0.490 e. The first-order valence-electron chi connectivity index (χ1n) is 11.1. The standard InChI is InChI=1S/C24H27F3N4O4/c25-24(26,27)23(33)35-20(22-31-17-10-4-5-11-19(17)34-22)18(13-12-15-7-2-1-3-8-15)30-21(32)16(29)9-6-14-28/h1-5,7-8,10-11,16,18,20H,6,9,12-14,28-29H2,(H,30,32)/t16-,18-,20?/m1/s1. The maximum atomic E-state index is 13.1. The predicted molar refractivity (Wildman–Crippen MR) is 122 cm³/mol. The maximum Gasteiger partial charge on any atom is 0.490 e. The number of aryl methyl sites for hydroxylation is 1. The van der Waals surface area contributed by atoms with Crippen LogP contribution < -0.4 is 16.8 Å². The van der Waals surface area contributed by atoms with Gasteiger partial charge >= 0.3 is 12.1 Å². The van der Waals surface area contributed by atoms with Crippen LogP contribution in [0.25, 0.3) is 11.1 Å². The highest BCUT2D eigenvalue weighted by atomic mass is 19.4. The summed E-state index contributed by atoms with van der Waals surface area (Å²) in [6.07, 6.45) is -5.65. The number of fused-ring (bicyclic) bond motifs is 1. The summed E-state index contributed by atoms with van der Waals surface area (Å²) in [7, 11) is 0. The number of benzene rings is 2. The Morgan fingerprint density at radius 2 is 1.74 bits per heavy atom. The Kier molecular flexibility index (Phi) is 8.83. The number of amides is 1. The zero-order valence-electron chi connectivity index (χ0n) is 18.8. The number of nitrogens with one attached hydrogen (secondary N) is 1. The fourth-order valence-corrected chi connectivity index (χ4v) is 3.52. The van der Waals surface area contributed by atoms with Crippen molar-refractivity contribution in [2.45, 2.75) is 50.0 Å². The van der Waals surface area contributed by atoms with Crippen LogP contribution in [0.2, 0.25) is 0 Å². The van der Waals surface area contributed by atoms with E-state index in [0.717, 1.165) is 5.56 Å². The molecule has 0 aliphatic rings. The minimum Gasteiger partial charge on any atom is -0.443 e. The normalized spacial score (nSPS) is 14.3. The van der Waals surface area contributed by atoms with Crippen molar-refractivity contribution in [2.24, 2.45) is 11.5 Å². The SMILES string of the molecule is NCCC[C@@H](N)C(=O)N[C@H](CCc1ccccc1)C(OC(=O)C(F)(F)F)c1nc2ccccc2o1. The number of alkyl halides is 3. The number of nitrogens with two attached hydrogens (primary N) is 2. The molecule has 2 aromatic carbocycles. The average molecular weight is 492 g/mol. The second-order valence-corrected chi connectivity index (χ2v) is 8.02. The third kappa shape index (κ3) is 7.27. The van der Waals surface area contributed by atoms with Crippen LogP contribution in [0.15, 0.2) is 59.0 Å². The summed E-state index contributed by atoms with van der Waals surface area (Å²) in [6.45, 7) is 0.327. The van der Waals surface area contributed by atoms with E-state index >= 15 is 0 Å². The number of aromatic nitrogens is 1. The quantitative estimate of drug-likeness (QED) is 0.350. The van der Waals surface area contributed by atoms with E-state index in [9.17, 15) is 22.8 Å².